The van der Waals surface area contributed by atoms with E-state index >= 15 is 0 Å². The quantitative estimate of drug-likeness (QED) is 0.813. The number of hydrogen-bond acceptors (Lipinski definition) is 2. The minimum Gasteiger partial charge on any atom is -0.398 e. The molecule has 1 aromatic carbocycles. The predicted octanol–water partition coefficient (Wildman–Crippen LogP) is 3.99. The molecule has 0 saturated heterocycles. The molecule has 2 N–H and O–H groups in total. The predicted molar refractivity (Wildman–Crippen MR) is 82.6 cm³/mol. The van der Waals surface area contributed by atoms with E-state index in [9.17, 15) is 0 Å². The van der Waals surface area contributed by atoms with Gasteiger partial charge in [-0.25, -0.2) is 0 Å². The summed E-state index contributed by atoms with van der Waals surface area (Å²) in [5, 5.41) is 0. The molecule has 1 fully saturated rings. The molecule has 2 aliphatic rings. The van der Waals surface area contributed by atoms with E-state index in [0.29, 0.717) is 0 Å². The molecule has 2 unspecified atom stereocenters. The fourth-order valence-electron chi connectivity index (χ4n) is 3.98. The molecule has 0 radical (unpaired) electrons. The molecule has 0 bridgehead atoms. The van der Waals surface area contributed by atoms with Crippen molar-refractivity contribution >= 4 is 11.4 Å². The zero-order valence-electron chi connectivity index (χ0n) is 12.1. The van der Waals surface area contributed by atoms with E-state index in [1.807, 2.05) is 0 Å². The fraction of sp³-hybridized carbons (Fsp3) is 0.647. The molecule has 19 heavy (non-hydrogen) atoms. The van der Waals surface area contributed by atoms with Gasteiger partial charge in [0, 0.05) is 24.0 Å². The van der Waals surface area contributed by atoms with E-state index in [-0.39, 0.29) is 0 Å². The molecular formula is C17H26N2. The van der Waals surface area contributed by atoms with Crippen LogP contribution in [0.25, 0.3) is 0 Å². The monoisotopic (exact) mass is 258 g/mol. The Labute approximate surface area is 117 Å². The summed E-state index contributed by atoms with van der Waals surface area (Å²) in [4.78, 5) is 2.66. The lowest BCUT2D eigenvalue weighted by Crippen LogP contribution is -2.42. The number of hydrogen-bond donors (Lipinski definition) is 1. The maximum atomic E-state index is 6.16. The number of nitrogens with two attached hydrogens (primary N) is 1. The minimum absolute atomic E-state index is 0.750. The number of rotatable bonds is 2. The Morgan fingerprint density at radius 2 is 2.16 bits per heavy atom. The van der Waals surface area contributed by atoms with Gasteiger partial charge >= 0.3 is 0 Å². The van der Waals surface area contributed by atoms with E-state index in [4.69, 9.17) is 5.73 Å². The van der Waals surface area contributed by atoms with Crippen molar-refractivity contribution in [2.75, 3.05) is 17.2 Å². The Morgan fingerprint density at radius 3 is 3.00 bits per heavy atom. The van der Waals surface area contributed by atoms with E-state index in [1.54, 1.807) is 0 Å². The van der Waals surface area contributed by atoms with Gasteiger partial charge in [0.05, 0.1) is 0 Å². The van der Waals surface area contributed by atoms with Crippen molar-refractivity contribution in [3.05, 3.63) is 23.8 Å². The first-order valence-corrected chi connectivity index (χ1v) is 7.93. The third kappa shape index (κ3) is 2.45. The Bertz CT molecular complexity index is 441. The average molecular weight is 258 g/mol. The van der Waals surface area contributed by atoms with Crippen LogP contribution in [-0.4, -0.2) is 12.6 Å². The van der Waals surface area contributed by atoms with Crippen molar-refractivity contribution < 1.29 is 0 Å². The van der Waals surface area contributed by atoms with Crippen LogP contribution in [0.4, 0.5) is 11.4 Å². The molecule has 2 heteroatoms. The second kappa shape index (κ2) is 5.44. The number of benzene rings is 1. The molecule has 2 atom stereocenters. The summed E-state index contributed by atoms with van der Waals surface area (Å²) >= 11 is 0. The van der Waals surface area contributed by atoms with Crippen LogP contribution in [0.15, 0.2) is 18.2 Å². The highest BCUT2D eigenvalue weighted by molar-refractivity contribution is 5.66. The molecule has 0 spiro atoms. The van der Waals surface area contributed by atoms with E-state index in [0.717, 1.165) is 24.1 Å². The first kappa shape index (κ1) is 12.8. The SMILES string of the molecule is CCC1CCCC(N2CCCc3c(N)cccc32)C1. The Kier molecular flexibility index (Phi) is 3.67. The third-order valence-electron chi connectivity index (χ3n) is 5.10. The van der Waals surface area contributed by atoms with Crippen molar-refractivity contribution in [2.45, 2.75) is 57.9 Å². The van der Waals surface area contributed by atoms with E-state index in [1.165, 1.54) is 56.3 Å². The highest BCUT2D eigenvalue weighted by Gasteiger charge is 2.29. The molecule has 1 aliphatic heterocycles. The molecule has 1 heterocycles. The van der Waals surface area contributed by atoms with Gasteiger partial charge in [0.25, 0.3) is 0 Å². The van der Waals surface area contributed by atoms with Crippen molar-refractivity contribution in [1.29, 1.82) is 0 Å². The highest BCUT2D eigenvalue weighted by Crippen LogP contribution is 2.37. The summed E-state index contributed by atoms with van der Waals surface area (Å²) in [6.45, 7) is 3.56. The zero-order chi connectivity index (χ0) is 13.2. The van der Waals surface area contributed by atoms with Crippen LogP contribution in [0, 0.1) is 5.92 Å². The lowest BCUT2D eigenvalue weighted by atomic mass is 9.82. The van der Waals surface area contributed by atoms with Gasteiger partial charge in [0.15, 0.2) is 0 Å². The van der Waals surface area contributed by atoms with Crippen molar-refractivity contribution in [1.82, 2.24) is 0 Å². The number of nitrogens with zero attached hydrogens (tertiary/aromatic N) is 1. The summed E-state index contributed by atoms with van der Waals surface area (Å²) in [5.74, 6) is 0.935. The topological polar surface area (TPSA) is 29.3 Å². The summed E-state index contributed by atoms with van der Waals surface area (Å²) in [7, 11) is 0. The van der Waals surface area contributed by atoms with Crippen molar-refractivity contribution in [3.8, 4) is 0 Å². The summed E-state index contributed by atoms with van der Waals surface area (Å²) in [5.41, 5.74) is 9.97. The second-order valence-electron chi connectivity index (χ2n) is 6.24. The van der Waals surface area contributed by atoms with Gasteiger partial charge in [-0.1, -0.05) is 32.3 Å². The molecule has 0 amide bonds. The summed E-state index contributed by atoms with van der Waals surface area (Å²) in [6.07, 6.45) is 9.34. The summed E-state index contributed by atoms with van der Waals surface area (Å²) < 4.78 is 0. The van der Waals surface area contributed by atoms with Crippen LogP contribution in [-0.2, 0) is 6.42 Å². The number of nitrogen functional groups attached to an aromatic ring is 1. The fourth-order valence-corrected chi connectivity index (χ4v) is 3.98. The molecule has 0 aromatic heterocycles. The molecule has 1 aliphatic carbocycles. The Hall–Kier alpha value is -1.18. The van der Waals surface area contributed by atoms with Crippen molar-refractivity contribution in [2.24, 2.45) is 5.92 Å². The van der Waals surface area contributed by atoms with Crippen LogP contribution in [0.3, 0.4) is 0 Å². The first-order chi connectivity index (χ1) is 9.29. The Balaban J connectivity index is 1.85. The normalized spacial score (nSPS) is 27.1. The average Bonchev–Trinajstić information content (AvgIpc) is 2.47. The summed E-state index contributed by atoms with van der Waals surface area (Å²) in [6, 6.07) is 7.20. The van der Waals surface area contributed by atoms with Gasteiger partial charge in [0.1, 0.15) is 0 Å². The largest absolute Gasteiger partial charge is 0.398 e. The van der Waals surface area contributed by atoms with E-state index in [2.05, 4.69) is 30.0 Å². The van der Waals surface area contributed by atoms with Gasteiger partial charge in [0.2, 0.25) is 0 Å². The van der Waals surface area contributed by atoms with Gasteiger partial charge in [-0.3, -0.25) is 0 Å². The van der Waals surface area contributed by atoms with Crippen LogP contribution >= 0.6 is 0 Å². The maximum Gasteiger partial charge on any atom is 0.0421 e. The number of anilines is 2. The molecule has 1 saturated carbocycles. The van der Waals surface area contributed by atoms with Gasteiger partial charge < -0.3 is 10.6 Å². The minimum atomic E-state index is 0.750. The van der Waals surface area contributed by atoms with Gasteiger partial charge in [-0.15, -0.1) is 0 Å². The van der Waals surface area contributed by atoms with Crippen molar-refractivity contribution in [3.63, 3.8) is 0 Å². The molecule has 3 rings (SSSR count). The lowest BCUT2D eigenvalue weighted by Gasteiger charge is -2.42. The zero-order valence-corrected chi connectivity index (χ0v) is 12.1. The smallest absolute Gasteiger partial charge is 0.0421 e. The molecular weight excluding hydrogens is 232 g/mol. The molecule has 104 valence electrons. The highest BCUT2D eigenvalue weighted by atomic mass is 15.2. The molecule has 1 aromatic rings. The van der Waals surface area contributed by atoms with Crippen LogP contribution in [0.5, 0.6) is 0 Å². The second-order valence-corrected chi connectivity index (χ2v) is 6.24. The van der Waals surface area contributed by atoms with Crippen LogP contribution in [0.1, 0.15) is 51.0 Å². The Morgan fingerprint density at radius 1 is 1.26 bits per heavy atom. The van der Waals surface area contributed by atoms with Gasteiger partial charge in [-0.05, 0) is 49.3 Å². The first-order valence-electron chi connectivity index (χ1n) is 7.93. The van der Waals surface area contributed by atoms with Gasteiger partial charge in [-0.2, -0.15) is 0 Å². The standard InChI is InChI=1S/C17H26N2/c1-2-13-6-3-7-14(12-13)19-11-5-8-15-16(18)9-4-10-17(15)19/h4,9-10,13-14H,2-3,5-8,11-12,18H2,1H3. The van der Waals surface area contributed by atoms with E-state index < -0.39 is 0 Å². The maximum absolute atomic E-state index is 6.16. The lowest BCUT2D eigenvalue weighted by molar-refractivity contribution is 0.300. The van der Waals surface area contributed by atoms with Crippen LogP contribution < -0.4 is 10.6 Å². The number of fused-ring (bicyclic) bond motifs is 1. The molecule has 2 nitrogen and oxygen atoms in total. The van der Waals surface area contributed by atoms with Crippen LogP contribution in [0.2, 0.25) is 0 Å². The third-order valence-corrected chi connectivity index (χ3v) is 5.10.